The zero-order chi connectivity index (χ0) is 97.9. The van der Waals surface area contributed by atoms with Crippen molar-refractivity contribution < 1.29 is 125 Å². The first-order chi connectivity index (χ1) is 64.2. The number of guanidine groups is 1. The number of esters is 1. The summed E-state index contributed by atoms with van der Waals surface area (Å²) in [6.07, 6.45) is -3.02. The number of hydrogen-bond donors (Lipinski definition) is 19. The Morgan fingerprint density at radius 1 is 0.763 bits per heavy atom. The van der Waals surface area contributed by atoms with Crippen molar-refractivity contribution in [3.8, 4) is 5.75 Å². The maximum atomic E-state index is 15.7. The number of amides is 5. The topological polar surface area (TPSA) is 670 Å². The first kappa shape index (κ1) is 101. The van der Waals surface area contributed by atoms with Crippen molar-refractivity contribution in [1.29, 1.82) is 5.41 Å². The second-order valence-electron chi connectivity index (χ2n) is 35.4. The van der Waals surface area contributed by atoms with E-state index in [9.17, 15) is 103 Å². The summed E-state index contributed by atoms with van der Waals surface area (Å²) in [6.45, 7) is 6.04. The molecule has 1 spiro atoms. The molecule has 5 aliphatic heterocycles. The average Bonchev–Trinajstić information content (AvgIpc) is 1.48. The number of Topliss-reactive ketones (excluding diaryl/α,β-unsaturated/α-hetero) is 3. The summed E-state index contributed by atoms with van der Waals surface area (Å²) < 4.78 is 17.9. The second-order valence-corrected chi connectivity index (χ2v) is 38.1. The van der Waals surface area contributed by atoms with E-state index in [2.05, 4.69) is 79.3 Å². The number of carbonyl (C=O) groups excluding carboxylic acids is 9. The maximum Gasteiger partial charge on any atom is 0.426 e. The number of H-pyrrole nitrogens is 1. The number of nitrogens with one attached hydrogen (secondary N) is 9. The zero-order valence-electron chi connectivity index (χ0n) is 75.0. The van der Waals surface area contributed by atoms with Crippen LogP contribution in [0.5, 0.6) is 5.75 Å². The number of fused-ring (bicyclic) bond motifs is 6. The number of rotatable bonds is 44. The number of aliphatic carboxylic acids is 5. The highest BCUT2D eigenvalue weighted by Crippen LogP contribution is 2.68. The molecule has 5 aromatic rings. The van der Waals surface area contributed by atoms with E-state index >= 15 is 9.59 Å². The molecule has 135 heavy (non-hydrogen) atoms. The molecule has 5 amide bonds. The van der Waals surface area contributed by atoms with Gasteiger partial charge in [-0.3, -0.25) is 87.9 Å². The summed E-state index contributed by atoms with van der Waals surface area (Å²) in [6, 6.07) is 10.4. The smallest absolute Gasteiger partial charge is 0.426 e. The first-order valence-electron chi connectivity index (χ1n) is 44.3. The predicted molar refractivity (Wildman–Crippen MR) is 492 cm³/mol. The quantitative estimate of drug-likeness (QED) is 0.00507. The fourth-order valence-electron chi connectivity index (χ4n) is 20.9. The van der Waals surface area contributed by atoms with E-state index in [1.807, 2.05) is 50.3 Å². The number of ketones is 3. The standard InChI is InChI=1S/C90H113N17O26S2.2H2/c1-6-86(129)39-46-40-89(82(127)132-5,57-31-48-12-8-9-13-55(48)56(57)21-26-106(43-46)45-86)59-36-58-63(38-66(59)131-4)105(3)79-88(58)23-27-107-25-11-22-87(7-2,78(88)107)80(125)90(79,130)81(126)103-104-85(128)133-28-29-134-135-44-51(76(121)122)33-65(110)62(37-69(115)116)100-74(119)50(35-68(113)114)32-64(109)60(14-10-24-94-83(91)92)98-73(118)49(34-67(111)112)30-54(108)19-20-61(77(123)124)99-72(117)47-15-17-52(18-16-47)95-41-53-42-96-71-70(97-53)75(120)102-84(93)101-71;;/h8-9,11-13,15-18,22,36,38,42,46,49-51,60-62,78-80,95,125,129-130H,6-7,10,14,19-21,23-35,37,39-41,43-45H2,1-5H3,(H,98,118)(H,99,117)(H,100,119)(H,103,126)(H,104,128)(H,111,112)(H,113,114)(H,115,116)(H,121,122)(H,123,124)(H4,91,92,94)(H3,93,96,101,102,120);2*1H/t46-,49-,50+,51+,60+,61-,62+,78+,79-,80?,86+,87-,88-,89-,90+;;/m1../s1/i;2*1+1. The van der Waals surface area contributed by atoms with Crippen molar-refractivity contribution in [3.05, 3.63) is 128 Å². The van der Waals surface area contributed by atoms with Crippen molar-refractivity contribution in [1.82, 2.24) is 61.9 Å². The van der Waals surface area contributed by atoms with Crippen LogP contribution < -0.4 is 64.1 Å². The molecule has 2 aliphatic carbocycles. The number of aliphatic hydroxyl groups excluding tert-OH is 1. The molecule has 21 N–H and O–H groups in total. The number of nitrogens with zero attached hydrogens (tertiary/aromatic N) is 6. The average molecular weight is 1920 g/mol. The number of aliphatic hydroxyl groups is 3. The van der Waals surface area contributed by atoms with Gasteiger partial charge in [0, 0.05) is 125 Å². The van der Waals surface area contributed by atoms with Crippen LogP contribution in [-0.4, -0.2) is 286 Å². The summed E-state index contributed by atoms with van der Waals surface area (Å²) >= 11 is 0. The number of anilines is 3. The minimum atomic E-state index is -2.73. The Kier molecular flexibility index (Phi) is 32.2. The molecule has 3 fully saturated rings. The number of nitrogen functional groups attached to an aromatic ring is 1. The fraction of sp³-hybridized carbons (Fsp3) is 0.522. The molecular weight excluding hydrogens is 1800 g/mol. The van der Waals surface area contributed by atoms with Crippen LogP contribution in [0.1, 0.15) is 158 Å². The Morgan fingerprint density at radius 3 is 2.12 bits per heavy atom. The van der Waals surface area contributed by atoms with Gasteiger partial charge in [-0.1, -0.05) is 71.9 Å². The number of nitrogens with two attached hydrogens (primary N) is 2. The number of aromatic nitrogens is 4. The minimum Gasteiger partial charge on any atom is -0.496 e. The SMILES string of the molecule is CC[C@]1(O)C[C@H]2CN(CCC3=C(Cc4ccccc43)[C@@](C(=O)OC)(c3cc4c(cc3OC)N(C)[C@@H]3[C@]45CCN4CC=C[C@@](CC)(C(O)[C@]3(O)C(=O)NNC(=O)OCCSSC[C@H](CC(=O)[C@H](CC(=O)O)NC(=O)[C@H](CC(=O)O)CC(=O)[C@H](CCCNC(=N)N)NC(=O)[C@@H](CC(=O)O)CC(=O)CC[C@@H](NC(=O)c3ccc(NCc6cnc7nc(N)[nH]c(=O)c7n6)cc3)C(=O)O)C(=O)O)[C@H]45)C2)C1.[2HH].[2HH]. The monoisotopic (exact) mass is 1920 g/mol. The lowest BCUT2D eigenvalue weighted by atomic mass is 9.47. The van der Waals surface area contributed by atoms with Crippen LogP contribution in [0.25, 0.3) is 16.7 Å². The number of aromatic amines is 1. The third kappa shape index (κ3) is 21.8. The number of likely N-dealkylation sites (N-methyl/N-ethyl adjacent to an activating group) is 1. The molecule has 2 aromatic heterocycles. The number of methoxy groups -OCH3 is 2. The second kappa shape index (κ2) is 42.9. The van der Waals surface area contributed by atoms with E-state index in [0.29, 0.717) is 98.8 Å². The molecule has 0 radical (unpaired) electrons. The third-order valence-electron chi connectivity index (χ3n) is 27.1. The lowest BCUT2D eigenvalue weighted by Gasteiger charge is -2.63. The van der Waals surface area contributed by atoms with Gasteiger partial charge >= 0.3 is 41.9 Å². The van der Waals surface area contributed by atoms with Crippen LogP contribution in [0.15, 0.2) is 89.4 Å². The maximum absolute atomic E-state index is 15.7. The van der Waals surface area contributed by atoms with Crippen LogP contribution >= 0.6 is 21.6 Å². The van der Waals surface area contributed by atoms with E-state index in [1.165, 1.54) is 44.7 Å². The van der Waals surface area contributed by atoms with E-state index < -0.39 is 234 Å². The lowest BCUT2D eigenvalue weighted by molar-refractivity contribution is -0.204. The zero-order valence-corrected chi connectivity index (χ0v) is 76.6. The van der Waals surface area contributed by atoms with Crippen molar-refractivity contribution in [3.63, 3.8) is 0 Å². The number of ether oxygens (including phenoxy) is 3. The van der Waals surface area contributed by atoms with E-state index in [4.69, 9.17) is 31.1 Å². The van der Waals surface area contributed by atoms with E-state index in [-0.39, 0.29) is 81.7 Å². The Balaban J connectivity index is 0.00000969. The molecule has 730 valence electrons. The van der Waals surface area contributed by atoms with Crippen LogP contribution in [-0.2, 0) is 90.8 Å². The van der Waals surface area contributed by atoms with Crippen molar-refractivity contribution in [2.75, 3.05) is 94.6 Å². The van der Waals surface area contributed by atoms with Crippen molar-refractivity contribution in [2.45, 2.75) is 188 Å². The Hall–Kier alpha value is -12.7. The number of hydrazine groups is 1. The summed E-state index contributed by atoms with van der Waals surface area (Å²) in [5.74, 6) is -22.6. The van der Waals surface area contributed by atoms with Gasteiger partial charge in [-0.2, -0.15) is 4.98 Å². The number of benzene rings is 3. The molecule has 7 heterocycles. The van der Waals surface area contributed by atoms with Gasteiger partial charge in [0.25, 0.3) is 17.4 Å². The number of hydrogen-bond acceptors (Lipinski definition) is 32. The largest absolute Gasteiger partial charge is 0.496 e. The summed E-state index contributed by atoms with van der Waals surface area (Å²) in [4.78, 5) is 223. The van der Waals surface area contributed by atoms with Gasteiger partial charge in [-0.15, -0.1) is 0 Å². The third-order valence-corrected chi connectivity index (χ3v) is 29.5. The molecular formula is C90H117N17O26S2. The number of carbonyl (C=O) groups is 14. The summed E-state index contributed by atoms with van der Waals surface area (Å²) in [5.41, 5.74) is 13.7. The number of carboxylic acids is 5. The Bertz CT molecular complexity index is 5610. The van der Waals surface area contributed by atoms with Gasteiger partial charge in [-0.25, -0.2) is 25.0 Å². The highest BCUT2D eigenvalue weighted by Gasteiger charge is 2.79. The van der Waals surface area contributed by atoms with Gasteiger partial charge in [0.2, 0.25) is 17.8 Å². The van der Waals surface area contributed by atoms with Crippen LogP contribution in [0, 0.1) is 34.5 Å². The van der Waals surface area contributed by atoms with Crippen molar-refractivity contribution in [2.24, 2.45) is 34.8 Å². The van der Waals surface area contributed by atoms with Crippen LogP contribution in [0.3, 0.4) is 0 Å². The Morgan fingerprint density at radius 2 is 1.45 bits per heavy atom. The molecule has 12 rings (SSSR count). The fourth-order valence-corrected chi connectivity index (χ4v) is 23.1. The van der Waals surface area contributed by atoms with Crippen molar-refractivity contribution >= 4 is 144 Å². The Labute approximate surface area is 784 Å². The summed E-state index contributed by atoms with van der Waals surface area (Å²) in [7, 11) is 6.45. The minimum absolute atomic E-state index is 0. The lowest BCUT2D eigenvalue weighted by Crippen LogP contribution is -2.82. The molecule has 1 saturated carbocycles. The predicted octanol–water partition coefficient (Wildman–Crippen LogP) is 2.56. The van der Waals surface area contributed by atoms with Gasteiger partial charge < -0.3 is 98.0 Å². The number of carboxylic acid groups (broad SMARTS) is 5. The molecule has 7 aliphatic rings. The summed E-state index contributed by atoms with van der Waals surface area (Å²) in [5, 5.41) is 109. The molecule has 2 unspecified atom stereocenters. The molecule has 3 aromatic carbocycles. The van der Waals surface area contributed by atoms with Gasteiger partial charge in [-0.05, 0) is 135 Å². The van der Waals surface area contributed by atoms with E-state index in [1.54, 1.807) is 11.9 Å². The molecule has 2 saturated heterocycles. The van der Waals surface area contributed by atoms with E-state index in [0.717, 1.165) is 43.9 Å². The highest BCUT2D eigenvalue weighted by molar-refractivity contribution is 8.76. The normalized spacial score (nSPS) is 24.1. The number of piperidine rings is 1. The van der Waals surface area contributed by atoms with Gasteiger partial charge in [0.15, 0.2) is 34.3 Å². The molecule has 16 atom stereocenters. The molecule has 2 bridgehead atoms. The molecule has 45 heteroatoms. The molecule has 43 nitrogen and oxygen atoms in total. The van der Waals surface area contributed by atoms with Gasteiger partial charge in [0.05, 0.1) is 93.4 Å². The van der Waals surface area contributed by atoms with Crippen LogP contribution in [0.2, 0.25) is 0 Å². The highest BCUT2D eigenvalue weighted by atomic mass is 33.1. The van der Waals surface area contributed by atoms with Crippen LogP contribution in [0.4, 0.5) is 22.1 Å². The van der Waals surface area contributed by atoms with Gasteiger partial charge in [0.1, 0.15) is 35.7 Å². The first-order valence-corrected chi connectivity index (χ1v) is 46.8.